The minimum Gasteiger partial charge on any atom is -0.492 e. The van der Waals surface area contributed by atoms with Gasteiger partial charge in [-0.2, -0.15) is 0 Å². The summed E-state index contributed by atoms with van der Waals surface area (Å²) in [7, 11) is 0. The summed E-state index contributed by atoms with van der Waals surface area (Å²) in [5.41, 5.74) is -0.149. The average molecular weight is 374 g/mol. The van der Waals surface area contributed by atoms with Gasteiger partial charge in [-0.25, -0.2) is 0 Å². The van der Waals surface area contributed by atoms with E-state index in [0.29, 0.717) is 13.0 Å². The number of fused-ring (bicyclic) bond motifs is 3. The van der Waals surface area contributed by atoms with Gasteiger partial charge in [-0.3, -0.25) is 14.5 Å². The fraction of sp³-hybridized carbons (Fsp3) is 0.600. The number of para-hydroxylation sites is 1. The minimum absolute atomic E-state index is 0.0377. The second-order valence-electron chi connectivity index (χ2n) is 7.67. The van der Waals surface area contributed by atoms with E-state index >= 15 is 0 Å². The molecule has 0 unspecified atom stereocenters. The number of hydrogen-bond acceptors (Lipinski definition) is 5. The van der Waals surface area contributed by atoms with Crippen LogP contribution in [0.1, 0.15) is 24.3 Å². The van der Waals surface area contributed by atoms with Crippen molar-refractivity contribution < 1.29 is 24.2 Å². The Hall–Kier alpha value is -2.12. The highest BCUT2D eigenvalue weighted by molar-refractivity contribution is 5.83. The smallest absolute Gasteiger partial charge is 0.315 e. The van der Waals surface area contributed by atoms with Crippen LogP contribution in [0.4, 0.5) is 0 Å². The number of amides is 1. The van der Waals surface area contributed by atoms with Crippen LogP contribution < -0.4 is 4.74 Å². The Morgan fingerprint density at radius 2 is 2.00 bits per heavy atom. The van der Waals surface area contributed by atoms with Crippen LogP contribution >= 0.6 is 0 Å². The summed E-state index contributed by atoms with van der Waals surface area (Å²) in [5.74, 6) is -0.328. The molecular formula is C20H26N2O5. The summed E-state index contributed by atoms with van der Waals surface area (Å²) < 4.78 is 11.1. The van der Waals surface area contributed by atoms with E-state index in [1.165, 1.54) is 0 Å². The van der Waals surface area contributed by atoms with Gasteiger partial charge < -0.3 is 19.5 Å². The molecule has 2 atom stereocenters. The maximum absolute atomic E-state index is 12.8. The fourth-order valence-corrected chi connectivity index (χ4v) is 4.46. The van der Waals surface area contributed by atoms with Crippen LogP contribution in [0.3, 0.4) is 0 Å². The Morgan fingerprint density at radius 3 is 2.78 bits per heavy atom. The Balaban J connectivity index is 1.42. The summed E-state index contributed by atoms with van der Waals surface area (Å²) >= 11 is 0. The molecule has 1 amide bonds. The van der Waals surface area contributed by atoms with Gasteiger partial charge in [0.1, 0.15) is 17.8 Å². The molecule has 1 aromatic rings. The highest BCUT2D eigenvalue weighted by Gasteiger charge is 2.57. The minimum atomic E-state index is -1.05. The van der Waals surface area contributed by atoms with E-state index in [-0.39, 0.29) is 25.0 Å². The number of ether oxygens (including phenoxy) is 2. The first kappa shape index (κ1) is 18.3. The third kappa shape index (κ3) is 3.41. The number of carbonyl (C=O) groups is 2. The first-order chi connectivity index (χ1) is 13.1. The summed E-state index contributed by atoms with van der Waals surface area (Å²) in [6.07, 6.45) is 1.23. The third-order valence-electron chi connectivity index (χ3n) is 6.07. The lowest BCUT2D eigenvalue weighted by atomic mass is 9.73. The predicted molar refractivity (Wildman–Crippen MR) is 97.8 cm³/mol. The molecule has 3 aliphatic heterocycles. The highest BCUT2D eigenvalue weighted by Crippen LogP contribution is 2.49. The number of likely N-dealkylation sites (tertiary alicyclic amines) is 1. The number of carboxylic acids is 1. The van der Waals surface area contributed by atoms with E-state index in [4.69, 9.17) is 9.47 Å². The van der Waals surface area contributed by atoms with Gasteiger partial charge in [-0.1, -0.05) is 18.2 Å². The Morgan fingerprint density at radius 1 is 1.22 bits per heavy atom. The molecule has 4 rings (SSSR count). The van der Waals surface area contributed by atoms with Crippen molar-refractivity contribution >= 4 is 11.9 Å². The Labute approximate surface area is 158 Å². The van der Waals surface area contributed by atoms with Gasteiger partial charge in [0.15, 0.2) is 0 Å². The molecule has 0 aromatic heterocycles. The Bertz CT molecular complexity index is 718. The first-order valence-electron chi connectivity index (χ1n) is 9.63. The van der Waals surface area contributed by atoms with Gasteiger partial charge >= 0.3 is 5.97 Å². The number of aliphatic carboxylic acids is 1. The molecule has 3 heterocycles. The van der Waals surface area contributed by atoms with Crippen molar-refractivity contribution in [1.29, 1.82) is 0 Å². The van der Waals surface area contributed by atoms with Crippen LogP contribution in [0.2, 0.25) is 0 Å². The van der Waals surface area contributed by atoms with E-state index in [9.17, 15) is 14.7 Å². The molecule has 3 aliphatic rings. The van der Waals surface area contributed by atoms with Crippen molar-refractivity contribution in [2.45, 2.75) is 18.8 Å². The number of carboxylic acid groups (broad SMARTS) is 1. The zero-order chi connectivity index (χ0) is 18.9. The van der Waals surface area contributed by atoms with Crippen molar-refractivity contribution in [2.75, 3.05) is 52.5 Å². The van der Waals surface area contributed by atoms with Crippen LogP contribution in [-0.4, -0.2) is 79.3 Å². The molecular weight excluding hydrogens is 348 g/mol. The number of carbonyl (C=O) groups excluding carboxylic acids is 1. The molecule has 1 aromatic carbocycles. The molecule has 0 bridgehead atoms. The maximum atomic E-state index is 12.8. The topological polar surface area (TPSA) is 79.3 Å². The standard InChI is InChI=1S/C20H26N2O5/c23-18(6-3-7-21-8-10-26-11-9-21)22-12-16-15-4-1-2-5-17(15)27-14-20(16,13-22)19(24)25/h1-2,4-5,16H,3,6-14H2,(H,24,25)/t16-,20-/m1/s1. The molecule has 1 N–H and O–H groups in total. The third-order valence-corrected chi connectivity index (χ3v) is 6.07. The monoisotopic (exact) mass is 374 g/mol. The van der Waals surface area contributed by atoms with Crippen LogP contribution in [-0.2, 0) is 14.3 Å². The van der Waals surface area contributed by atoms with Gasteiger partial charge in [-0.15, -0.1) is 0 Å². The SMILES string of the molecule is O=C(CCCN1CCOCC1)N1C[C@@H]2c3ccccc3OC[C@]2(C(=O)O)C1. The highest BCUT2D eigenvalue weighted by atomic mass is 16.5. The van der Waals surface area contributed by atoms with Gasteiger partial charge in [0.25, 0.3) is 0 Å². The Kier molecular flexibility index (Phi) is 5.06. The second kappa shape index (κ2) is 7.48. The molecule has 27 heavy (non-hydrogen) atoms. The van der Waals surface area contributed by atoms with Crippen molar-refractivity contribution in [1.82, 2.24) is 9.80 Å². The fourth-order valence-electron chi connectivity index (χ4n) is 4.46. The van der Waals surface area contributed by atoms with E-state index in [0.717, 1.165) is 50.6 Å². The van der Waals surface area contributed by atoms with Gasteiger partial charge in [0.2, 0.25) is 5.91 Å². The van der Waals surface area contributed by atoms with Crippen molar-refractivity contribution in [3.63, 3.8) is 0 Å². The number of morpholine rings is 1. The van der Waals surface area contributed by atoms with Gasteiger partial charge in [0.05, 0.1) is 13.2 Å². The zero-order valence-electron chi connectivity index (χ0n) is 15.4. The normalized spacial score (nSPS) is 27.6. The zero-order valence-corrected chi connectivity index (χ0v) is 15.4. The lowest BCUT2D eigenvalue weighted by Crippen LogP contribution is -2.46. The summed E-state index contributed by atoms with van der Waals surface area (Å²) in [5, 5.41) is 9.93. The number of hydrogen-bond donors (Lipinski definition) is 1. The van der Waals surface area contributed by atoms with E-state index in [2.05, 4.69) is 4.90 Å². The van der Waals surface area contributed by atoms with E-state index < -0.39 is 11.4 Å². The quantitative estimate of drug-likeness (QED) is 0.834. The molecule has 0 saturated carbocycles. The largest absolute Gasteiger partial charge is 0.492 e. The molecule has 0 radical (unpaired) electrons. The molecule has 7 nitrogen and oxygen atoms in total. The molecule has 0 spiro atoms. The summed E-state index contributed by atoms with van der Waals surface area (Å²) in [6, 6.07) is 7.57. The molecule has 2 fully saturated rings. The van der Waals surface area contributed by atoms with Crippen LogP contribution in [0.5, 0.6) is 5.75 Å². The van der Waals surface area contributed by atoms with Crippen molar-refractivity contribution in [3.05, 3.63) is 29.8 Å². The summed E-state index contributed by atoms with van der Waals surface area (Å²) in [6.45, 7) is 4.99. The maximum Gasteiger partial charge on any atom is 0.315 e. The predicted octanol–water partition coefficient (Wildman–Crippen LogP) is 1.19. The van der Waals surface area contributed by atoms with Gasteiger partial charge in [-0.05, 0) is 19.0 Å². The first-order valence-corrected chi connectivity index (χ1v) is 9.63. The number of benzene rings is 1. The molecule has 7 heteroatoms. The number of rotatable bonds is 5. The van der Waals surface area contributed by atoms with Crippen LogP contribution in [0.25, 0.3) is 0 Å². The van der Waals surface area contributed by atoms with Gasteiger partial charge in [0, 0.05) is 44.1 Å². The van der Waals surface area contributed by atoms with Crippen LogP contribution in [0.15, 0.2) is 24.3 Å². The van der Waals surface area contributed by atoms with Crippen molar-refractivity contribution in [2.24, 2.45) is 5.41 Å². The van der Waals surface area contributed by atoms with E-state index in [1.54, 1.807) is 4.90 Å². The van der Waals surface area contributed by atoms with E-state index in [1.807, 2.05) is 24.3 Å². The molecule has 2 saturated heterocycles. The van der Waals surface area contributed by atoms with Crippen LogP contribution in [0, 0.1) is 5.41 Å². The molecule has 0 aliphatic carbocycles. The average Bonchev–Trinajstić information content (AvgIpc) is 3.11. The second-order valence-corrected chi connectivity index (χ2v) is 7.67. The lowest BCUT2D eigenvalue weighted by molar-refractivity contribution is -0.152. The van der Waals surface area contributed by atoms with Crippen molar-refractivity contribution in [3.8, 4) is 5.75 Å². The summed E-state index contributed by atoms with van der Waals surface area (Å²) in [4.78, 5) is 28.9. The lowest BCUT2D eigenvalue weighted by Gasteiger charge is -2.35. The number of nitrogens with zero attached hydrogens (tertiary/aromatic N) is 2. The molecule has 146 valence electrons.